The molecule has 6 heteroatoms. The lowest BCUT2D eigenvalue weighted by molar-refractivity contribution is -0.169. The van der Waals surface area contributed by atoms with E-state index in [1.54, 1.807) is 5.06 Å². The molecule has 18 heavy (non-hydrogen) atoms. The molecule has 1 fully saturated rings. The Balaban J connectivity index is 2.45. The number of Topliss-reactive ketones (excluding diaryl/α,β-unsaturated/α-hetero) is 1. The first-order chi connectivity index (χ1) is 8.45. The van der Waals surface area contributed by atoms with Crippen molar-refractivity contribution in [3.05, 3.63) is 11.3 Å². The molecular formula is C12H16BrNO4. The maximum atomic E-state index is 11.8. The lowest BCUT2D eigenvalue weighted by atomic mass is 9.87. The van der Waals surface area contributed by atoms with Gasteiger partial charge in [-0.25, -0.2) is 4.79 Å². The van der Waals surface area contributed by atoms with Gasteiger partial charge in [-0.2, -0.15) is 0 Å². The number of nitrogens with zero attached hydrogens (tertiary/aromatic N) is 1. The first-order valence-electron chi connectivity index (χ1n) is 5.83. The normalized spacial score (nSPS) is 31.2. The first kappa shape index (κ1) is 13.5. The van der Waals surface area contributed by atoms with Crippen molar-refractivity contribution < 1.29 is 19.2 Å². The molecule has 0 unspecified atom stereocenters. The molecule has 0 spiro atoms. The van der Waals surface area contributed by atoms with Crippen LogP contribution in [0.2, 0.25) is 0 Å². The topological polar surface area (TPSA) is 55.8 Å². The number of ether oxygens (including phenoxy) is 1. The van der Waals surface area contributed by atoms with Gasteiger partial charge >= 0.3 is 5.97 Å². The molecular weight excluding hydrogens is 302 g/mol. The largest absolute Gasteiger partial charge is 0.463 e. The first-order valence-corrected chi connectivity index (χ1v) is 6.95. The summed E-state index contributed by atoms with van der Waals surface area (Å²) in [7, 11) is 1.28. The smallest absolute Gasteiger partial charge is 0.376 e. The van der Waals surface area contributed by atoms with Crippen molar-refractivity contribution in [2.45, 2.75) is 38.3 Å². The third-order valence-electron chi connectivity index (χ3n) is 3.64. The summed E-state index contributed by atoms with van der Waals surface area (Å²) in [6.07, 6.45) is 1.71. The molecule has 2 heterocycles. The summed E-state index contributed by atoms with van der Waals surface area (Å²) < 4.78 is 4.68. The quantitative estimate of drug-likeness (QED) is 0.584. The zero-order valence-corrected chi connectivity index (χ0v) is 12.2. The molecule has 100 valence electrons. The number of carbonyl (C=O) groups is 2. The second-order valence-corrected chi connectivity index (χ2v) is 5.44. The lowest BCUT2D eigenvalue weighted by Gasteiger charge is -2.29. The highest BCUT2D eigenvalue weighted by molar-refractivity contribution is 9.09. The molecule has 2 aliphatic heterocycles. The summed E-state index contributed by atoms with van der Waals surface area (Å²) in [6.45, 7) is 3.39. The van der Waals surface area contributed by atoms with Crippen LogP contribution in [0.1, 0.15) is 26.7 Å². The van der Waals surface area contributed by atoms with Crippen LogP contribution in [0.15, 0.2) is 11.3 Å². The van der Waals surface area contributed by atoms with E-state index in [1.165, 1.54) is 14.0 Å². The standard InChI is InChI=1S/C12H16BrNO4/c1-7(15)9-10(11(16)17-3)18-14-8(6-13)4-5-12(9,14)2/h8H,4-6H2,1-3H3/t8-,12-/m1/s1. The van der Waals surface area contributed by atoms with Gasteiger partial charge in [0.05, 0.1) is 24.3 Å². The summed E-state index contributed by atoms with van der Waals surface area (Å²) >= 11 is 3.43. The van der Waals surface area contributed by atoms with E-state index >= 15 is 0 Å². The third-order valence-corrected chi connectivity index (χ3v) is 4.39. The van der Waals surface area contributed by atoms with E-state index in [4.69, 9.17) is 4.84 Å². The number of esters is 1. The molecule has 0 saturated carbocycles. The van der Waals surface area contributed by atoms with E-state index < -0.39 is 11.5 Å². The summed E-state index contributed by atoms with van der Waals surface area (Å²) in [5.41, 5.74) is -0.0915. The molecule has 0 N–H and O–H groups in total. The summed E-state index contributed by atoms with van der Waals surface area (Å²) in [4.78, 5) is 29.1. The number of hydrogen-bond donors (Lipinski definition) is 0. The van der Waals surface area contributed by atoms with Gasteiger partial charge < -0.3 is 9.57 Å². The number of fused-ring (bicyclic) bond motifs is 1. The third kappa shape index (κ3) is 1.78. The van der Waals surface area contributed by atoms with Crippen molar-refractivity contribution in [3.8, 4) is 0 Å². The number of hydrogen-bond acceptors (Lipinski definition) is 5. The SMILES string of the molecule is COC(=O)C1=C(C(C)=O)[C@@]2(C)CC[C@H](CBr)N2O1. The summed E-state index contributed by atoms with van der Waals surface area (Å²) in [5, 5.41) is 2.49. The number of carbonyl (C=O) groups excluding carboxylic acids is 2. The van der Waals surface area contributed by atoms with Crippen molar-refractivity contribution in [2.24, 2.45) is 0 Å². The number of hydroxylamine groups is 2. The summed E-state index contributed by atoms with van der Waals surface area (Å²) in [5.74, 6) is -0.696. The molecule has 1 saturated heterocycles. The Hall–Kier alpha value is -0.880. The molecule has 0 aromatic rings. The van der Waals surface area contributed by atoms with Crippen molar-refractivity contribution in [3.63, 3.8) is 0 Å². The van der Waals surface area contributed by atoms with Gasteiger partial charge in [0.2, 0.25) is 5.76 Å². The van der Waals surface area contributed by atoms with Crippen LogP contribution in [0.4, 0.5) is 0 Å². The van der Waals surface area contributed by atoms with Gasteiger partial charge in [0.1, 0.15) is 0 Å². The number of methoxy groups -OCH3 is 1. The Bertz CT molecular complexity index is 434. The second kappa shape index (κ2) is 4.66. The van der Waals surface area contributed by atoms with Crippen LogP contribution in [0.3, 0.4) is 0 Å². The number of alkyl halides is 1. The fraction of sp³-hybridized carbons (Fsp3) is 0.667. The van der Waals surface area contributed by atoms with E-state index in [0.717, 1.165) is 18.2 Å². The van der Waals surface area contributed by atoms with E-state index in [0.29, 0.717) is 5.57 Å². The van der Waals surface area contributed by atoms with E-state index in [2.05, 4.69) is 20.7 Å². The van der Waals surface area contributed by atoms with Crippen LogP contribution in [0.5, 0.6) is 0 Å². The Morgan fingerprint density at radius 1 is 1.61 bits per heavy atom. The number of rotatable bonds is 3. The van der Waals surface area contributed by atoms with Gasteiger partial charge in [-0.1, -0.05) is 15.9 Å². The van der Waals surface area contributed by atoms with Gasteiger partial charge in [-0.15, -0.1) is 5.06 Å². The fourth-order valence-corrected chi connectivity index (χ4v) is 3.37. The zero-order valence-electron chi connectivity index (χ0n) is 10.7. The second-order valence-electron chi connectivity index (χ2n) is 4.79. The van der Waals surface area contributed by atoms with Crippen molar-refractivity contribution in [1.29, 1.82) is 0 Å². The van der Waals surface area contributed by atoms with Crippen LogP contribution in [0.25, 0.3) is 0 Å². The molecule has 2 atom stereocenters. The van der Waals surface area contributed by atoms with Gasteiger partial charge in [-0.3, -0.25) is 4.79 Å². The Kier molecular flexibility index (Phi) is 3.51. The minimum absolute atomic E-state index is 0.0400. The maximum Gasteiger partial charge on any atom is 0.376 e. The van der Waals surface area contributed by atoms with Gasteiger partial charge in [0.15, 0.2) is 5.78 Å². The monoisotopic (exact) mass is 317 g/mol. The predicted octanol–water partition coefficient (Wildman–Crippen LogP) is 1.57. The van der Waals surface area contributed by atoms with Crippen LogP contribution in [0, 0.1) is 0 Å². The number of ketones is 1. The van der Waals surface area contributed by atoms with Crippen molar-refractivity contribution >= 4 is 27.7 Å². The molecule has 5 nitrogen and oxygen atoms in total. The van der Waals surface area contributed by atoms with Crippen LogP contribution in [-0.4, -0.2) is 40.8 Å². The Morgan fingerprint density at radius 3 is 2.78 bits per heavy atom. The van der Waals surface area contributed by atoms with E-state index in [9.17, 15) is 9.59 Å². The van der Waals surface area contributed by atoms with Gasteiger partial charge in [0.25, 0.3) is 0 Å². The van der Waals surface area contributed by atoms with E-state index in [1.807, 2.05) is 6.92 Å². The molecule has 0 bridgehead atoms. The van der Waals surface area contributed by atoms with Crippen LogP contribution >= 0.6 is 15.9 Å². The molecule has 2 aliphatic rings. The average molecular weight is 318 g/mol. The van der Waals surface area contributed by atoms with Gasteiger partial charge in [-0.05, 0) is 26.7 Å². The van der Waals surface area contributed by atoms with Crippen LogP contribution < -0.4 is 0 Å². The molecule has 0 aliphatic carbocycles. The Morgan fingerprint density at radius 2 is 2.28 bits per heavy atom. The predicted molar refractivity (Wildman–Crippen MR) is 67.9 cm³/mol. The van der Waals surface area contributed by atoms with E-state index in [-0.39, 0.29) is 17.6 Å². The number of halogens is 1. The molecule has 0 amide bonds. The van der Waals surface area contributed by atoms with Crippen molar-refractivity contribution in [1.82, 2.24) is 5.06 Å². The maximum absolute atomic E-state index is 11.8. The van der Waals surface area contributed by atoms with Crippen LogP contribution in [-0.2, 0) is 19.2 Å². The zero-order chi connectivity index (χ0) is 13.5. The Labute approximate surface area is 114 Å². The van der Waals surface area contributed by atoms with Gasteiger partial charge in [0, 0.05) is 5.33 Å². The molecule has 2 rings (SSSR count). The molecule has 0 radical (unpaired) electrons. The highest BCUT2D eigenvalue weighted by atomic mass is 79.9. The van der Waals surface area contributed by atoms with Crippen molar-refractivity contribution in [2.75, 3.05) is 12.4 Å². The lowest BCUT2D eigenvalue weighted by Crippen LogP contribution is -2.43. The fourth-order valence-electron chi connectivity index (χ4n) is 2.79. The summed E-state index contributed by atoms with van der Waals surface area (Å²) in [6, 6.07) is 0.159. The average Bonchev–Trinajstić information content (AvgIpc) is 2.79. The molecule has 0 aromatic carbocycles. The highest BCUT2D eigenvalue weighted by Gasteiger charge is 2.55. The minimum Gasteiger partial charge on any atom is -0.463 e. The molecule has 0 aromatic heterocycles. The minimum atomic E-state index is -0.593. The highest BCUT2D eigenvalue weighted by Crippen LogP contribution is 2.47.